The second-order valence-corrected chi connectivity index (χ2v) is 7.40. The molecule has 8 nitrogen and oxygen atoms in total. The number of para-hydroxylation sites is 2. The van der Waals surface area contributed by atoms with Gasteiger partial charge >= 0.3 is 11.9 Å². The summed E-state index contributed by atoms with van der Waals surface area (Å²) in [7, 11) is 1.26. The van der Waals surface area contributed by atoms with Crippen LogP contribution in [0.1, 0.15) is 30.1 Å². The number of ether oxygens (including phenoxy) is 2. The highest BCUT2D eigenvalue weighted by atomic mass is 16.5. The van der Waals surface area contributed by atoms with Crippen molar-refractivity contribution in [2.75, 3.05) is 36.6 Å². The molecule has 1 fully saturated rings. The molecule has 0 bridgehead atoms. The molecule has 3 rings (SSSR count). The van der Waals surface area contributed by atoms with Crippen LogP contribution >= 0.6 is 0 Å². The zero-order valence-electron chi connectivity index (χ0n) is 18.2. The van der Waals surface area contributed by atoms with Gasteiger partial charge in [0.05, 0.1) is 25.0 Å². The predicted molar refractivity (Wildman–Crippen MR) is 118 cm³/mol. The van der Waals surface area contributed by atoms with Crippen LogP contribution in [0, 0.1) is 5.92 Å². The number of rotatable bonds is 8. The molecule has 2 amide bonds. The Kier molecular flexibility index (Phi) is 7.59. The molecule has 0 N–H and O–H groups in total. The Labute approximate surface area is 186 Å². The molecule has 1 aliphatic rings. The maximum absolute atomic E-state index is 13.1. The molecule has 0 aliphatic carbocycles. The highest BCUT2D eigenvalue weighted by Gasteiger charge is 2.34. The summed E-state index contributed by atoms with van der Waals surface area (Å²) < 4.78 is 9.78. The van der Waals surface area contributed by atoms with E-state index in [0.29, 0.717) is 12.2 Å². The van der Waals surface area contributed by atoms with Crippen molar-refractivity contribution in [1.29, 1.82) is 0 Å². The standard InChI is InChI=1S/C24H26N2O6/c1-3-32-23(29)14-22(28)26(20-12-8-7-11-19(20)24(30)31-2)16-17-13-21(27)25(15-17)18-9-5-4-6-10-18/h4-12,17H,3,13-16H2,1-2H3. The van der Waals surface area contributed by atoms with Crippen molar-refractivity contribution in [2.45, 2.75) is 19.8 Å². The third-order valence-electron chi connectivity index (χ3n) is 5.22. The number of nitrogens with zero attached hydrogens (tertiary/aromatic N) is 2. The van der Waals surface area contributed by atoms with Crippen molar-refractivity contribution in [3.8, 4) is 0 Å². The Balaban J connectivity index is 1.87. The molecule has 2 aromatic rings. The van der Waals surface area contributed by atoms with Gasteiger partial charge in [0.25, 0.3) is 0 Å². The third kappa shape index (κ3) is 5.32. The fourth-order valence-corrected chi connectivity index (χ4v) is 3.78. The van der Waals surface area contributed by atoms with E-state index in [2.05, 4.69) is 0 Å². The average Bonchev–Trinajstić information content (AvgIpc) is 3.17. The summed E-state index contributed by atoms with van der Waals surface area (Å²) in [6, 6.07) is 15.9. The van der Waals surface area contributed by atoms with Crippen molar-refractivity contribution < 1.29 is 28.7 Å². The minimum absolute atomic E-state index is 0.0414. The van der Waals surface area contributed by atoms with E-state index in [9.17, 15) is 19.2 Å². The van der Waals surface area contributed by atoms with E-state index >= 15 is 0 Å². The second-order valence-electron chi connectivity index (χ2n) is 7.40. The van der Waals surface area contributed by atoms with Crippen LogP contribution in [0.15, 0.2) is 54.6 Å². The number of benzene rings is 2. The molecule has 0 aromatic heterocycles. The van der Waals surface area contributed by atoms with E-state index in [1.54, 1.807) is 36.1 Å². The maximum atomic E-state index is 13.1. The SMILES string of the molecule is CCOC(=O)CC(=O)N(CC1CC(=O)N(c2ccccc2)C1)c1ccccc1C(=O)OC. The third-order valence-corrected chi connectivity index (χ3v) is 5.22. The highest BCUT2D eigenvalue weighted by molar-refractivity contribution is 6.07. The van der Waals surface area contributed by atoms with Crippen LogP contribution in [0.2, 0.25) is 0 Å². The lowest BCUT2D eigenvalue weighted by Gasteiger charge is -2.27. The second kappa shape index (κ2) is 10.6. The summed E-state index contributed by atoms with van der Waals surface area (Å²) in [6.45, 7) is 2.41. The molecule has 0 spiro atoms. The van der Waals surface area contributed by atoms with Crippen molar-refractivity contribution in [3.05, 3.63) is 60.2 Å². The Hall–Kier alpha value is -3.68. The minimum Gasteiger partial charge on any atom is -0.466 e. The van der Waals surface area contributed by atoms with Crippen LogP contribution in [0.25, 0.3) is 0 Å². The molecule has 1 aliphatic heterocycles. The van der Waals surface area contributed by atoms with Crippen LogP contribution in [-0.4, -0.2) is 50.6 Å². The lowest BCUT2D eigenvalue weighted by molar-refractivity contribution is -0.145. The molecule has 1 saturated heterocycles. The molecule has 2 aromatic carbocycles. The lowest BCUT2D eigenvalue weighted by Crippen LogP contribution is -2.38. The molecule has 1 atom stereocenters. The van der Waals surface area contributed by atoms with Gasteiger partial charge in [-0.25, -0.2) is 4.79 Å². The van der Waals surface area contributed by atoms with Gasteiger partial charge in [0.15, 0.2) is 0 Å². The number of esters is 2. The van der Waals surface area contributed by atoms with Crippen molar-refractivity contribution in [2.24, 2.45) is 5.92 Å². The molecular formula is C24H26N2O6. The molecule has 1 unspecified atom stereocenters. The normalized spacial score (nSPS) is 15.4. The summed E-state index contributed by atoms with van der Waals surface area (Å²) in [6.07, 6.45) is -0.217. The number of amides is 2. The van der Waals surface area contributed by atoms with E-state index < -0.39 is 24.3 Å². The van der Waals surface area contributed by atoms with Crippen molar-refractivity contribution in [3.63, 3.8) is 0 Å². The Morgan fingerprint density at radius 2 is 1.75 bits per heavy atom. The van der Waals surface area contributed by atoms with E-state index in [0.717, 1.165) is 5.69 Å². The fourth-order valence-electron chi connectivity index (χ4n) is 3.78. The van der Waals surface area contributed by atoms with Gasteiger partial charge in [-0.05, 0) is 31.2 Å². The summed E-state index contributed by atoms with van der Waals surface area (Å²) in [5, 5.41) is 0. The topological polar surface area (TPSA) is 93.2 Å². The number of carbonyl (C=O) groups excluding carboxylic acids is 4. The van der Waals surface area contributed by atoms with Gasteiger partial charge in [-0.2, -0.15) is 0 Å². The van der Waals surface area contributed by atoms with Crippen molar-refractivity contribution >= 4 is 35.1 Å². The molecular weight excluding hydrogens is 412 g/mol. The van der Waals surface area contributed by atoms with Gasteiger partial charge in [-0.15, -0.1) is 0 Å². The Bertz CT molecular complexity index is 991. The van der Waals surface area contributed by atoms with Crippen LogP contribution in [0.3, 0.4) is 0 Å². The summed E-state index contributed by atoms with van der Waals surface area (Å²) in [4.78, 5) is 53.1. The van der Waals surface area contributed by atoms with E-state index in [1.165, 1.54) is 12.0 Å². The zero-order valence-corrected chi connectivity index (χ0v) is 18.2. The number of methoxy groups -OCH3 is 1. The molecule has 168 valence electrons. The van der Waals surface area contributed by atoms with Crippen molar-refractivity contribution in [1.82, 2.24) is 0 Å². The number of hydrogen-bond donors (Lipinski definition) is 0. The smallest absolute Gasteiger partial charge is 0.339 e. The van der Waals surface area contributed by atoms with Gasteiger partial charge in [-0.3, -0.25) is 14.4 Å². The van der Waals surface area contributed by atoms with E-state index in [1.807, 2.05) is 30.3 Å². The molecule has 0 saturated carbocycles. The van der Waals surface area contributed by atoms with Gasteiger partial charge in [0, 0.05) is 31.1 Å². The van der Waals surface area contributed by atoms with Gasteiger partial charge in [0.1, 0.15) is 6.42 Å². The highest BCUT2D eigenvalue weighted by Crippen LogP contribution is 2.29. The first kappa shape index (κ1) is 23.0. The Morgan fingerprint density at radius 1 is 1.06 bits per heavy atom. The maximum Gasteiger partial charge on any atom is 0.339 e. The lowest BCUT2D eigenvalue weighted by atomic mass is 10.1. The van der Waals surface area contributed by atoms with Gasteiger partial charge in [-0.1, -0.05) is 30.3 Å². The van der Waals surface area contributed by atoms with Gasteiger partial charge < -0.3 is 19.3 Å². The van der Waals surface area contributed by atoms with Crippen LogP contribution in [-0.2, 0) is 23.9 Å². The minimum atomic E-state index is -0.647. The van der Waals surface area contributed by atoms with E-state index in [-0.39, 0.29) is 37.0 Å². The Morgan fingerprint density at radius 3 is 2.44 bits per heavy atom. The number of hydrogen-bond acceptors (Lipinski definition) is 6. The summed E-state index contributed by atoms with van der Waals surface area (Å²) in [5.74, 6) is -1.97. The van der Waals surface area contributed by atoms with Crippen LogP contribution in [0.5, 0.6) is 0 Å². The molecule has 1 heterocycles. The molecule has 8 heteroatoms. The fraction of sp³-hybridized carbons (Fsp3) is 0.333. The number of anilines is 2. The zero-order chi connectivity index (χ0) is 23.1. The first-order valence-electron chi connectivity index (χ1n) is 10.4. The summed E-state index contributed by atoms with van der Waals surface area (Å²) >= 11 is 0. The average molecular weight is 438 g/mol. The number of carbonyl (C=O) groups is 4. The monoisotopic (exact) mass is 438 g/mol. The quantitative estimate of drug-likeness (QED) is 0.465. The largest absolute Gasteiger partial charge is 0.466 e. The predicted octanol–water partition coefficient (Wildman–Crippen LogP) is 2.81. The molecule has 0 radical (unpaired) electrons. The summed E-state index contributed by atoms with van der Waals surface area (Å²) in [5.41, 5.74) is 1.33. The molecule has 32 heavy (non-hydrogen) atoms. The first-order valence-corrected chi connectivity index (χ1v) is 10.4. The first-order chi connectivity index (χ1) is 15.4. The van der Waals surface area contributed by atoms with Crippen LogP contribution in [0.4, 0.5) is 11.4 Å². The van der Waals surface area contributed by atoms with Gasteiger partial charge in [0.2, 0.25) is 11.8 Å². The van der Waals surface area contributed by atoms with E-state index in [4.69, 9.17) is 9.47 Å². The van der Waals surface area contributed by atoms with Crippen LogP contribution < -0.4 is 9.80 Å².